The molecule has 0 heterocycles. The van der Waals surface area contributed by atoms with Crippen LogP contribution in [0.3, 0.4) is 0 Å². The summed E-state index contributed by atoms with van der Waals surface area (Å²) in [6.07, 6.45) is 12.2. The predicted molar refractivity (Wildman–Crippen MR) is 335 cm³/mol. The van der Waals surface area contributed by atoms with E-state index in [9.17, 15) is 0 Å². The molecule has 0 saturated heterocycles. The Kier molecular flexibility index (Phi) is 16.3. The highest BCUT2D eigenvalue weighted by Crippen LogP contribution is 2.59. The smallest absolute Gasteiger partial charge is 0.0715 e. The van der Waals surface area contributed by atoms with Crippen molar-refractivity contribution in [1.29, 1.82) is 0 Å². The van der Waals surface area contributed by atoms with Gasteiger partial charge in [-0.3, -0.25) is 0 Å². The van der Waals surface area contributed by atoms with Crippen LogP contribution in [0.5, 0.6) is 0 Å². The molecule has 2 heteroatoms. The summed E-state index contributed by atoms with van der Waals surface area (Å²) in [4.78, 5) is 5.08. The van der Waals surface area contributed by atoms with Crippen molar-refractivity contribution in [3.05, 3.63) is 236 Å². The normalized spacial score (nSPS) is 12.9. The van der Waals surface area contributed by atoms with E-state index in [1.165, 1.54) is 152 Å². The molecule has 9 rings (SSSR count). The highest BCUT2D eigenvalue weighted by atomic mass is 15.2. The second-order valence-electron chi connectivity index (χ2n) is 25.0. The Labute approximate surface area is 465 Å². The van der Waals surface area contributed by atoms with Crippen LogP contribution in [0.4, 0.5) is 34.1 Å². The average Bonchev–Trinajstić information content (AvgIpc) is 3.68. The summed E-state index contributed by atoms with van der Waals surface area (Å²) < 4.78 is 0. The van der Waals surface area contributed by atoms with E-state index in [0.717, 1.165) is 35.6 Å². The number of nitrogens with zero attached hydrogens (tertiary/aromatic N) is 2. The predicted octanol–water partition coefficient (Wildman–Crippen LogP) is 21.7. The first-order valence-corrected chi connectivity index (χ1v) is 29.3. The maximum atomic E-state index is 2.57. The summed E-state index contributed by atoms with van der Waals surface area (Å²) in [5.41, 5.74) is 27.4. The highest BCUT2D eigenvalue weighted by Gasteiger charge is 2.47. The molecule has 0 spiro atoms. The largest absolute Gasteiger partial charge is 0.310 e. The van der Waals surface area contributed by atoms with Crippen molar-refractivity contribution in [2.75, 3.05) is 9.80 Å². The summed E-state index contributed by atoms with van der Waals surface area (Å²) in [6.45, 7) is 32.2. The van der Waals surface area contributed by atoms with Crippen molar-refractivity contribution in [1.82, 2.24) is 0 Å². The molecule has 0 atom stereocenters. The van der Waals surface area contributed by atoms with Crippen LogP contribution in [-0.2, 0) is 29.1 Å². The summed E-state index contributed by atoms with van der Waals surface area (Å²) in [5, 5.41) is 0. The van der Waals surface area contributed by atoms with E-state index >= 15 is 0 Å². The molecule has 1 aliphatic carbocycles. The number of hydrogen-bond donors (Lipinski definition) is 0. The van der Waals surface area contributed by atoms with Gasteiger partial charge in [-0.05, 0) is 204 Å². The van der Waals surface area contributed by atoms with Crippen molar-refractivity contribution in [2.45, 2.75) is 177 Å². The Bertz CT molecular complexity index is 3050. The number of fused-ring (bicyclic) bond motifs is 3. The summed E-state index contributed by atoms with van der Waals surface area (Å²) in [6, 6.07) is 62.5. The lowest BCUT2D eigenvalue weighted by atomic mass is 9.67. The van der Waals surface area contributed by atoms with Gasteiger partial charge in [0.1, 0.15) is 0 Å². The van der Waals surface area contributed by atoms with E-state index in [0.29, 0.717) is 0 Å². The lowest BCUT2D eigenvalue weighted by molar-refractivity contribution is 0.589. The molecule has 0 aromatic heterocycles. The standard InChI is InChI=1S/C75H88N2/c1-15-17-19-21-23-57-29-33-59(34-30-57)75(60-35-31-58(32-36-60)24-22-20-18-16-2)69-49-65(76(63-37-25-51(3)26-38-63)71-53(5)45-61(46-54(71)6)73(9,10)11)41-43-67(69)68-44-42-66(50-70(68)75)77(64-39-27-52(4)28-40-64)72-55(7)47-62(48-56(72)8)74(12,13)14/h25-50H,15-24H2,1-14H3. The Balaban J connectivity index is 1.34. The number of hydrogen-bond acceptors (Lipinski definition) is 2. The van der Waals surface area contributed by atoms with E-state index in [-0.39, 0.29) is 10.8 Å². The molecule has 0 amide bonds. The minimum atomic E-state index is -0.656. The summed E-state index contributed by atoms with van der Waals surface area (Å²) >= 11 is 0. The summed E-state index contributed by atoms with van der Waals surface area (Å²) in [5.74, 6) is 0. The lowest BCUT2D eigenvalue weighted by Crippen LogP contribution is -2.29. The van der Waals surface area contributed by atoms with Crippen molar-refractivity contribution in [3.8, 4) is 11.1 Å². The van der Waals surface area contributed by atoms with Crippen LogP contribution in [0.1, 0.15) is 185 Å². The van der Waals surface area contributed by atoms with Gasteiger partial charge in [0.05, 0.1) is 16.8 Å². The second-order valence-corrected chi connectivity index (χ2v) is 25.0. The topological polar surface area (TPSA) is 6.48 Å². The van der Waals surface area contributed by atoms with Crippen LogP contribution in [0.2, 0.25) is 0 Å². The van der Waals surface area contributed by atoms with Crippen molar-refractivity contribution in [2.24, 2.45) is 0 Å². The van der Waals surface area contributed by atoms with E-state index < -0.39 is 5.41 Å². The molecule has 8 aromatic rings. The molecule has 0 fully saturated rings. The fraction of sp³-hybridized carbons (Fsp3) is 0.360. The van der Waals surface area contributed by atoms with Crippen LogP contribution in [0.15, 0.2) is 158 Å². The number of rotatable bonds is 18. The lowest BCUT2D eigenvalue weighted by Gasteiger charge is -2.36. The van der Waals surface area contributed by atoms with E-state index in [1.54, 1.807) is 0 Å². The fourth-order valence-electron chi connectivity index (χ4n) is 12.4. The van der Waals surface area contributed by atoms with Crippen LogP contribution >= 0.6 is 0 Å². The first-order chi connectivity index (χ1) is 36.8. The van der Waals surface area contributed by atoms with Gasteiger partial charge in [0, 0.05) is 22.7 Å². The molecule has 77 heavy (non-hydrogen) atoms. The minimum Gasteiger partial charge on any atom is -0.310 e. The fourth-order valence-corrected chi connectivity index (χ4v) is 12.4. The molecule has 0 unspecified atom stereocenters. The molecule has 0 aliphatic heterocycles. The molecule has 0 radical (unpaired) electrons. The molecule has 398 valence electrons. The zero-order valence-corrected chi connectivity index (χ0v) is 49.5. The minimum absolute atomic E-state index is 0.0267. The zero-order valence-electron chi connectivity index (χ0n) is 49.5. The Morgan fingerprint density at radius 2 is 0.675 bits per heavy atom. The van der Waals surface area contributed by atoms with Gasteiger partial charge in [-0.15, -0.1) is 0 Å². The number of anilines is 6. The molecule has 8 aromatic carbocycles. The maximum absolute atomic E-state index is 2.57. The third-order valence-corrected chi connectivity index (χ3v) is 16.8. The average molecular weight is 1020 g/mol. The Hall–Kier alpha value is -6.64. The van der Waals surface area contributed by atoms with Crippen LogP contribution in [-0.4, -0.2) is 0 Å². The van der Waals surface area contributed by atoms with E-state index in [4.69, 9.17) is 0 Å². The highest BCUT2D eigenvalue weighted by molar-refractivity contribution is 5.93. The summed E-state index contributed by atoms with van der Waals surface area (Å²) in [7, 11) is 0. The molecular weight excluding hydrogens is 929 g/mol. The Morgan fingerprint density at radius 1 is 0.351 bits per heavy atom. The van der Waals surface area contributed by atoms with Crippen molar-refractivity contribution < 1.29 is 0 Å². The van der Waals surface area contributed by atoms with Gasteiger partial charge in [0.25, 0.3) is 0 Å². The molecule has 2 nitrogen and oxygen atoms in total. The maximum Gasteiger partial charge on any atom is 0.0715 e. The van der Waals surface area contributed by atoms with Crippen LogP contribution < -0.4 is 9.80 Å². The monoisotopic (exact) mass is 1020 g/mol. The SMILES string of the molecule is CCCCCCc1ccc(C2(c3ccc(CCCCCC)cc3)c3cc(N(c4ccc(C)cc4)c4c(C)cc(C(C)(C)C)cc4C)ccc3-c3ccc(N(c4ccc(C)cc4)c4c(C)cc(C(C)(C)C)cc4C)cc32)cc1. The first kappa shape index (κ1) is 55.1. The molecule has 0 saturated carbocycles. The first-order valence-electron chi connectivity index (χ1n) is 29.3. The quantitative estimate of drug-likeness (QED) is 0.0791. The molecule has 1 aliphatic rings. The molecule has 0 bridgehead atoms. The van der Waals surface area contributed by atoms with Gasteiger partial charge in [0.2, 0.25) is 0 Å². The van der Waals surface area contributed by atoms with Gasteiger partial charge >= 0.3 is 0 Å². The van der Waals surface area contributed by atoms with Gasteiger partial charge in [-0.25, -0.2) is 0 Å². The van der Waals surface area contributed by atoms with Crippen molar-refractivity contribution >= 4 is 34.1 Å². The Morgan fingerprint density at radius 3 is 0.987 bits per heavy atom. The zero-order chi connectivity index (χ0) is 54.8. The van der Waals surface area contributed by atoms with Crippen LogP contribution in [0.25, 0.3) is 11.1 Å². The second kappa shape index (κ2) is 22.8. The number of benzene rings is 8. The molecular formula is C75H88N2. The third-order valence-electron chi connectivity index (χ3n) is 16.8. The van der Waals surface area contributed by atoms with Crippen LogP contribution in [0, 0.1) is 41.5 Å². The van der Waals surface area contributed by atoms with E-state index in [1.807, 2.05) is 0 Å². The molecule has 0 N–H and O–H groups in total. The van der Waals surface area contributed by atoms with Gasteiger partial charge in [-0.1, -0.05) is 214 Å². The van der Waals surface area contributed by atoms with Gasteiger partial charge in [-0.2, -0.15) is 0 Å². The van der Waals surface area contributed by atoms with E-state index in [2.05, 4.69) is 264 Å². The third kappa shape index (κ3) is 11.2. The van der Waals surface area contributed by atoms with Crippen molar-refractivity contribution in [3.63, 3.8) is 0 Å². The van der Waals surface area contributed by atoms with Gasteiger partial charge in [0.15, 0.2) is 0 Å². The number of aryl methyl sites for hydroxylation is 8. The number of unbranched alkanes of at least 4 members (excludes halogenated alkanes) is 6. The van der Waals surface area contributed by atoms with Gasteiger partial charge < -0.3 is 9.80 Å².